The summed E-state index contributed by atoms with van der Waals surface area (Å²) in [5.41, 5.74) is 4.69. The lowest BCUT2D eigenvalue weighted by Gasteiger charge is -2.19. The molecule has 0 aliphatic carbocycles. The molecular weight excluding hydrogens is 402 g/mol. The maximum absolute atomic E-state index is 13.2. The quantitative estimate of drug-likeness (QED) is 0.399. The third kappa shape index (κ3) is 5.16. The molecule has 0 unspecified atom stereocenters. The number of para-hydroxylation sites is 2. The number of fused-ring (bicyclic) bond motifs is 1. The number of rotatable bonds is 6. The van der Waals surface area contributed by atoms with Gasteiger partial charge in [0.25, 0.3) is 0 Å². The molecule has 4 aromatic rings. The highest BCUT2D eigenvalue weighted by molar-refractivity contribution is 5.97. The van der Waals surface area contributed by atoms with Crippen molar-refractivity contribution >= 4 is 28.6 Å². The molecule has 6 nitrogen and oxygen atoms in total. The second-order valence-electron chi connectivity index (χ2n) is 7.83. The van der Waals surface area contributed by atoms with E-state index in [2.05, 4.69) is 15.6 Å². The van der Waals surface area contributed by atoms with Crippen LogP contribution in [0.3, 0.4) is 0 Å². The Hall–Kier alpha value is -4.06. The molecule has 32 heavy (non-hydrogen) atoms. The summed E-state index contributed by atoms with van der Waals surface area (Å²) in [5.74, 6) is 0.0934. The number of amides is 2. The summed E-state index contributed by atoms with van der Waals surface area (Å²) in [7, 11) is 0. The molecule has 2 amide bonds. The molecule has 1 heterocycles. The third-order valence-corrected chi connectivity index (χ3v) is 5.15. The second kappa shape index (κ2) is 9.39. The largest absolute Gasteiger partial charge is 0.413 e. The maximum atomic E-state index is 13.2. The lowest BCUT2D eigenvalue weighted by atomic mass is 10.0. The average Bonchev–Trinajstić information content (AvgIpc) is 3.16. The molecule has 0 saturated heterocycles. The van der Waals surface area contributed by atoms with Crippen LogP contribution < -0.4 is 15.4 Å². The van der Waals surface area contributed by atoms with Crippen molar-refractivity contribution in [3.8, 4) is 5.75 Å². The highest BCUT2D eigenvalue weighted by Gasteiger charge is 2.24. The number of H-pyrrole nitrogens is 1. The molecule has 1 atom stereocenters. The van der Waals surface area contributed by atoms with Crippen molar-refractivity contribution in [2.24, 2.45) is 0 Å². The van der Waals surface area contributed by atoms with E-state index in [1.54, 1.807) is 24.3 Å². The number of aromatic amines is 1. The molecule has 0 aliphatic heterocycles. The van der Waals surface area contributed by atoms with Crippen molar-refractivity contribution in [2.45, 2.75) is 26.3 Å². The van der Waals surface area contributed by atoms with E-state index >= 15 is 0 Å². The summed E-state index contributed by atoms with van der Waals surface area (Å²) in [6.45, 7) is 3.95. The number of carbonyl (C=O) groups excluding carboxylic acids is 2. The van der Waals surface area contributed by atoms with E-state index in [9.17, 15) is 9.59 Å². The van der Waals surface area contributed by atoms with Crippen LogP contribution in [0.5, 0.6) is 5.75 Å². The number of carbonyl (C=O) groups is 2. The first-order valence-corrected chi connectivity index (χ1v) is 10.5. The van der Waals surface area contributed by atoms with Gasteiger partial charge in [0, 0.05) is 29.2 Å². The monoisotopic (exact) mass is 427 g/mol. The van der Waals surface area contributed by atoms with Crippen molar-refractivity contribution in [1.82, 2.24) is 10.3 Å². The van der Waals surface area contributed by atoms with E-state index in [4.69, 9.17) is 4.74 Å². The number of anilines is 1. The summed E-state index contributed by atoms with van der Waals surface area (Å²) in [5, 5.41) is 6.67. The van der Waals surface area contributed by atoms with Crippen molar-refractivity contribution in [1.29, 1.82) is 0 Å². The van der Waals surface area contributed by atoms with Gasteiger partial charge in [-0.1, -0.05) is 42.5 Å². The molecule has 0 spiro atoms. The summed E-state index contributed by atoms with van der Waals surface area (Å²) in [4.78, 5) is 29.0. The minimum atomic E-state index is -0.828. The lowest BCUT2D eigenvalue weighted by Crippen LogP contribution is -2.46. The Morgan fingerprint density at radius 2 is 1.62 bits per heavy atom. The standard InChI is InChI=1S/C26H25N3O3/c1-17-12-18(2)14-20(13-17)28-25(30)24(29-26(31)32-21-8-4-3-5-9-21)15-19-16-27-23-11-7-6-10-22(19)23/h3-14,16,24,27H,15H2,1-2H3,(H,28,30)(H,29,31)/t24-/m1/s1. The Labute approximate surface area is 186 Å². The Kier molecular flexibility index (Phi) is 6.22. The zero-order valence-electron chi connectivity index (χ0n) is 18.0. The van der Waals surface area contributed by atoms with Crippen molar-refractivity contribution < 1.29 is 14.3 Å². The highest BCUT2D eigenvalue weighted by atomic mass is 16.6. The molecule has 3 aromatic carbocycles. The second-order valence-corrected chi connectivity index (χ2v) is 7.83. The number of hydrogen-bond acceptors (Lipinski definition) is 3. The van der Waals surface area contributed by atoms with Crippen LogP contribution in [0.15, 0.2) is 79.0 Å². The first-order valence-electron chi connectivity index (χ1n) is 10.5. The van der Waals surface area contributed by atoms with Gasteiger partial charge in [0.15, 0.2) is 0 Å². The van der Waals surface area contributed by atoms with E-state index < -0.39 is 12.1 Å². The van der Waals surface area contributed by atoms with Crippen LogP contribution in [0.1, 0.15) is 16.7 Å². The first kappa shape index (κ1) is 21.2. The van der Waals surface area contributed by atoms with Gasteiger partial charge in [-0.05, 0) is 60.9 Å². The minimum Gasteiger partial charge on any atom is -0.410 e. The van der Waals surface area contributed by atoms with Crippen LogP contribution in [0, 0.1) is 13.8 Å². The molecule has 0 radical (unpaired) electrons. The molecule has 0 fully saturated rings. The molecule has 4 rings (SSSR count). The van der Waals surface area contributed by atoms with Crippen molar-refractivity contribution in [3.63, 3.8) is 0 Å². The highest BCUT2D eigenvalue weighted by Crippen LogP contribution is 2.20. The molecule has 6 heteroatoms. The Balaban J connectivity index is 1.56. The number of aryl methyl sites for hydroxylation is 2. The van der Waals surface area contributed by atoms with Crippen molar-refractivity contribution in [3.05, 3.63) is 95.7 Å². The number of benzene rings is 3. The molecule has 0 bridgehead atoms. The lowest BCUT2D eigenvalue weighted by molar-refractivity contribution is -0.118. The number of aromatic nitrogens is 1. The van der Waals surface area contributed by atoms with Crippen LogP contribution in [-0.4, -0.2) is 23.0 Å². The van der Waals surface area contributed by atoms with Crippen molar-refractivity contribution in [2.75, 3.05) is 5.32 Å². The average molecular weight is 428 g/mol. The molecule has 0 saturated carbocycles. The summed E-state index contributed by atoms with van der Waals surface area (Å²) < 4.78 is 5.35. The number of nitrogens with one attached hydrogen (secondary N) is 3. The van der Waals surface area contributed by atoms with Gasteiger partial charge >= 0.3 is 6.09 Å². The first-order chi connectivity index (χ1) is 15.5. The van der Waals surface area contributed by atoms with Crippen LogP contribution in [-0.2, 0) is 11.2 Å². The van der Waals surface area contributed by atoms with Gasteiger partial charge in [0.05, 0.1) is 0 Å². The van der Waals surface area contributed by atoms with Gasteiger partial charge < -0.3 is 20.4 Å². The Morgan fingerprint density at radius 3 is 2.38 bits per heavy atom. The van der Waals surface area contributed by atoms with Crippen LogP contribution >= 0.6 is 0 Å². The van der Waals surface area contributed by atoms with E-state index in [0.29, 0.717) is 17.9 Å². The van der Waals surface area contributed by atoms with Crippen LogP contribution in [0.4, 0.5) is 10.5 Å². The molecule has 1 aromatic heterocycles. The SMILES string of the molecule is Cc1cc(C)cc(NC(=O)[C@@H](Cc2c[nH]c3ccccc23)NC(=O)Oc2ccccc2)c1. The minimum absolute atomic E-state index is 0.310. The summed E-state index contributed by atoms with van der Waals surface area (Å²) in [6, 6.07) is 21.6. The fraction of sp³-hybridized carbons (Fsp3) is 0.154. The Bertz CT molecular complexity index is 1230. The zero-order chi connectivity index (χ0) is 22.5. The molecular formula is C26H25N3O3. The van der Waals surface area contributed by atoms with Crippen LogP contribution in [0.2, 0.25) is 0 Å². The summed E-state index contributed by atoms with van der Waals surface area (Å²) >= 11 is 0. The van der Waals surface area contributed by atoms with Gasteiger partial charge in [-0.15, -0.1) is 0 Å². The molecule has 0 aliphatic rings. The number of ether oxygens (including phenoxy) is 1. The normalized spacial score (nSPS) is 11.7. The molecule has 162 valence electrons. The van der Waals surface area contributed by atoms with Gasteiger partial charge in [0.2, 0.25) is 5.91 Å². The predicted molar refractivity (Wildman–Crippen MR) is 126 cm³/mol. The van der Waals surface area contributed by atoms with E-state index in [-0.39, 0.29) is 5.91 Å². The van der Waals surface area contributed by atoms with E-state index in [1.165, 1.54) is 0 Å². The zero-order valence-corrected chi connectivity index (χ0v) is 18.0. The number of hydrogen-bond donors (Lipinski definition) is 3. The predicted octanol–water partition coefficient (Wildman–Crippen LogP) is 5.12. The fourth-order valence-electron chi connectivity index (χ4n) is 3.77. The van der Waals surface area contributed by atoms with Gasteiger partial charge in [-0.25, -0.2) is 4.79 Å². The van der Waals surface area contributed by atoms with Gasteiger partial charge in [-0.3, -0.25) is 4.79 Å². The van der Waals surface area contributed by atoms with Gasteiger partial charge in [-0.2, -0.15) is 0 Å². The topological polar surface area (TPSA) is 83.2 Å². The fourth-order valence-corrected chi connectivity index (χ4v) is 3.77. The smallest absolute Gasteiger partial charge is 0.410 e. The summed E-state index contributed by atoms with van der Waals surface area (Å²) in [6.07, 6.45) is 1.49. The van der Waals surface area contributed by atoms with E-state index in [0.717, 1.165) is 27.6 Å². The van der Waals surface area contributed by atoms with E-state index in [1.807, 2.05) is 68.6 Å². The Morgan fingerprint density at radius 1 is 0.938 bits per heavy atom. The van der Waals surface area contributed by atoms with Gasteiger partial charge in [0.1, 0.15) is 11.8 Å². The maximum Gasteiger partial charge on any atom is 0.413 e. The molecule has 3 N–H and O–H groups in total. The third-order valence-electron chi connectivity index (χ3n) is 5.15. The van der Waals surface area contributed by atoms with Crippen LogP contribution in [0.25, 0.3) is 10.9 Å².